The van der Waals surface area contributed by atoms with Crippen molar-refractivity contribution in [2.45, 2.75) is 19.8 Å². The Morgan fingerprint density at radius 3 is 3.00 bits per heavy atom. The quantitative estimate of drug-likeness (QED) is 0.426. The molecule has 28 heavy (non-hydrogen) atoms. The van der Waals surface area contributed by atoms with Crippen molar-refractivity contribution in [1.82, 2.24) is 10.1 Å². The average Bonchev–Trinajstić information content (AvgIpc) is 3.41. The van der Waals surface area contributed by atoms with E-state index in [0.717, 1.165) is 28.6 Å². The van der Waals surface area contributed by atoms with E-state index in [0.29, 0.717) is 23.8 Å². The van der Waals surface area contributed by atoms with Gasteiger partial charge in [-0.1, -0.05) is 24.6 Å². The lowest BCUT2D eigenvalue weighted by Crippen LogP contribution is -2.12. The Hall–Kier alpha value is -3.19. The molecule has 142 valence electrons. The van der Waals surface area contributed by atoms with E-state index in [2.05, 4.69) is 22.4 Å². The monoisotopic (exact) mass is 393 g/mol. The predicted octanol–water partition coefficient (Wildman–Crippen LogP) is 5.38. The van der Waals surface area contributed by atoms with Crippen LogP contribution in [0.1, 0.15) is 30.3 Å². The summed E-state index contributed by atoms with van der Waals surface area (Å²) in [7, 11) is 0. The highest BCUT2D eigenvalue weighted by atomic mass is 32.1. The molecule has 0 unspecified atom stereocenters. The number of hydrogen-bond donors (Lipinski definition) is 1. The molecule has 3 aromatic heterocycles. The molecule has 0 aliphatic rings. The summed E-state index contributed by atoms with van der Waals surface area (Å²) in [5.74, 6) is 0.950. The van der Waals surface area contributed by atoms with E-state index in [1.165, 1.54) is 11.3 Å². The van der Waals surface area contributed by atoms with Gasteiger partial charge in [0, 0.05) is 17.6 Å². The van der Waals surface area contributed by atoms with E-state index in [1.807, 2.05) is 41.8 Å². The van der Waals surface area contributed by atoms with Crippen LogP contribution in [0.4, 0.5) is 5.69 Å². The molecule has 0 bridgehead atoms. The highest BCUT2D eigenvalue weighted by molar-refractivity contribution is 7.13. The molecule has 0 saturated carbocycles. The molecule has 0 saturated heterocycles. The first-order chi connectivity index (χ1) is 13.8. The normalized spacial score (nSPS) is 10.9. The van der Waals surface area contributed by atoms with Crippen LogP contribution in [0.3, 0.4) is 0 Å². The third kappa shape index (κ3) is 3.75. The fraction of sp³-hybridized carbons (Fsp3) is 0.190. The van der Waals surface area contributed by atoms with Gasteiger partial charge in [0.05, 0.1) is 17.2 Å². The molecular formula is C21H19N3O3S. The minimum absolute atomic E-state index is 0.226. The van der Waals surface area contributed by atoms with E-state index < -0.39 is 0 Å². The Morgan fingerprint density at radius 1 is 1.25 bits per heavy atom. The number of carbonyl (C=O) groups is 1. The van der Waals surface area contributed by atoms with Crippen LogP contribution < -0.4 is 10.1 Å². The first-order valence-corrected chi connectivity index (χ1v) is 9.96. The highest BCUT2D eigenvalue weighted by Gasteiger charge is 2.16. The van der Waals surface area contributed by atoms with Crippen LogP contribution in [0.2, 0.25) is 0 Å². The Bertz CT molecular complexity index is 1090. The maximum Gasteiger partial charge on any atom is 0.277 e. The maximum absolute atomic E-state index is 12.7. The molecule has 0 spiro atoms. The number of pyridine rings is 1. The summed E-state index contributed by atoms with van der Waals surface area (Å²) in [6, 6.07) is 12.9. The summed E-state index contributed by atoms with van der Waals surface area (Å²) in [6.07, 6.45) is 3.75. The lowest BCUT2D eigenvalue weighted by atomic mass is 10.1. The number of thiophene rings is 1. The van der Waals surface area contributed by atoms with E-state index in [1.54, 1.807) is 12.3 Å². The summed E-state index contributed by atoms with van der Waals surface area (Å²) < 4.78 is 11.1. The molecular weight excluding hydrogens is 374 g/mol. The molecule has 0 aliphatic carbocycles. The van der Waals surface area contributed by atoms with Crippen LogP contribution in [-0.2, 0) is 0 Å². The van der Waals surface area contributed by atoms with Crippen LogP contribution in [0, 0.1) is 0 Å². The number of aromatic nitrogens is 2. The zero-order valence-corrected chi connectivity index (χ0v) is 16.2. The van der Waals surface area contributed by atoms with Crippen molar-refractivity contribution in [1.29, 1.82) is 0 Å². The largest absolute Gasteiger partial charge is 0.491 e. The van der Waals surface area contributed by atoms with Crippen LogP contribution in [-0.4, -0.2) is 22.7 Å². The molecule has 1 aromatic carbocycles. The van der Waals surface area contributed by atoms with Gasteiger partial charge in [0.25, 0.3) is 5.91 Å². The van der Waals surface area contributed by atoms with Crippen molar-refractivity contribution in [2.75, 3.05) is 11.9 Å². The number of rotatable bonds is 7. The Kier molecular flexibility index (Phi) is 5.34. The van der Waals surface area contributed by atoms with Gasteiger partial charge in [-0.3, -0.25) is 9.78 Å². The molecule has 0 aliphatic heterocycles. The second kappa shape index (κ2) is 8.22. The number of nitrogens with one attached hydrogen (secondary N) is 1. The number of hydrogen-bond acceptors (Lipinski definition) is 6. The van der Waals surface area contributed by atoms with Crippen LogP contribution in [0.25, 0.3) is 21.5 Å². The van der Waals surface area contributed by atoms with Gasteiger partial charge in [0.15, 0.2) is 11.5 Å². The SMILES string of the molecule is CCCCOc1ccc(NC(=O)c2cc(-c3cccs3)on2)c2cccnc12. The number of amides is 1. The van der Waals surface area contributed by atoms with E-state index in [9.17, 15) is 4.79 Å². The summed E-state index contributed by atoms with van der Waals surface area (Å²) in [5, 5.41) is 9.55. The van der Waals surface area contributed by atoms with Crippen molar-refractivity contribution >= 4 is 33.8 Å². The molecule has 0 radical (unpaired) electrons. The molecule has 0 atom stereocenters. The Balaban J connectivity index is 1.58. The number of nitrogens with zero attached hydrogens (tertiary/aromatic N) is 2. The number of benzene rings is 1. The first-order valence-electron chi connectivity index (χ1n) is 9.08. The average molecular weight is 393 g/mol. The van der Waals surface area contributed by atoms with E-state index in [4.69, 9.17) is 9.26 Å². The smallest absolute Gasteiger partial charge is 0.277 e. The summed E-state index contributed by atoms with van der Waals surface area (Å²) >= 11 is 1.53. The fourth-order valence-electron chi connectivity index (χ4n) is 2.80. The molecule has 4 aromatic rings. The number of ether oxygens (including phenoxy) is 1. The molecule has 1 N–H and O–H groups in total. The predicted molar refractivity (Wildman–Crippen MR) is 110 cm³/mol. The third-order valence-corrected chi connectivity index (χ3v) is 5.13. The van der Waals surface area contributed by atoms with Gasteiger partial charge in [-0.25, -0.2) is 0 Å². The van der Waals surface area contributed by atoms with Gasteiger partial charge in [0.1, 0.15) is 11.3 Å². The van der Waals surface area contributed by atoms with Gasteiger partial charge >= 0.3 is 0 Å². The Labute approximate surface area is 166 Å². The number of anilines is 1. The van der Waals surface area contributed by atoms with Crippen molar-refractivity contribution < 1.29 is 14.1 Å². The van der Waals surface area contributed by atoms with Gasteiger partial charge in [-0.15, -0.1) is 11.3 Å². The minimum atomic E-state index is -0.337. The van der Waals surface area contributed by atoms with Crippen molar-refractivity contribution in [2.24, 2.45) is 0 Å². The minimum Gasteiger partial charge on any atom is -0.491 e. The molecule has 6 nitrogen and oxygen atoms in total. The number of fused-ring (bicyclic) bond motifs is 1. The van der Waals surface area contributed by atoms with E-state index >= 15 is 0 Å². The standard InChI is InChI=1S/C21H19N3O3S/c1-2-3-11-26-17-9-8-15(14-6-4-10-22-20(14)17)23-21(25)16-13-18(27-24-16)19-7-5-12-28-19/h4-10,12-13H,2-3,11H2,1H3,(H,23,25). The number of unbranched alkanes of at least 4 members (excludes halogenated alkanes) is 1. The molecule has 0 fully saturated rings. The highest BCUT2D eigenvalue weighted by Crippen LogP contribution is 2.31. The van der Waals surface area contributed by atoms with E-state index in [-0.39, 0.29) is 11.6 Å². The van der Waals surface area contributed by atoms with Gasteiger partial charge < -0.3 is 14.6 Å². The summed E-state index contributed by atoms with van der Waals surface area (Å²) in [6.45, 7) is 2.75. The molecule has 4 rings (SSSR count). The zero-order chi connectivity index (χ0) is 19.3. The van der Waals surface area contributed by atoms with Crippen LogP contribution in [0.15, 0.2) is 58.6 Å². The second-order valence-electron chi connectivity index (χ2n) is 6.22. The second-order valence-corrected chi connectivity index (χ2v) is 7.17. The van der Waals surface area contributed by atoms with Crippen LogP contribution in [0.5, 0.6) is 5.75 Å². The van der Waals surface area contributed by atoms with Crippen molar-refractivity contribution in [3.8, 4) is 16.4 Å². The van der Waals surface area contributed by atoms with Crippen molar-refractivity contribution in [3.05, 3.63) is 59.7 Å². The van der Waals surface area contributed by atoms with Gasteiger partial charge in [-0.05, 0) is 42.1 Å². The number of carbonyl (C=O) groups excluding carboxylic acids is 1. The Morgan fingerprint density at radius 2 is 2.18 bits per heavy atom. The van der Waals surface area contributed by atoms with Crippen molar-refractivity contribution in [3.63, 3.8) is 0 Å². The molecule has 1 amide bonds. The maximum atomic E-state index is 12.7. The lowest BCUT2D eigenvalue weighted by molar-refractivity contribution is 0.101. The topological polar surface area (TPSA) is 77.2 Å². The lowest BCUT2D eigenvalue weighted by Gasteiger charge is -2.12. The molecule has 3 heterocycles. The summed E-state index contributed by atoms with van der Waals surface area (Å²) in [5.41, 5.74) is 1.59. The van der Waals surface area contributed by atoms with Gasteiger partial charge in [0.2, 0.25) is 0 Å². The summed E-state index contributed by atoms with van der Waals surface area (Å²) in [4.78, 5) is 18.0. The van der Waals surface area contributed by atoms with Crippen LogP contribution >= 0.6 is 11.3 Å². The third-order valence-electron chi connectivity index (χ3n) is 4.24. The zero-order valence-electron chi connectivity index (χ0n) is 15.3. The first kappa shape index (κ1) is 18.2. The van der Waals surface area contributed by atoms with Gasteiger partial charge in [-0.2, -0.15) is 0 Å². The molecule has 7 heteroatoms. The fourth-order valence-corrected chi connectivity index (χ4v) is 3.48.